The number of rotatable bonds is 5. The maximum Gasteiger partial charge on any atom is 0.335 e. The first-order valence-electron chi connectivity index (χ1n) is 9.03. The van der Waals surface area contributed by atoms with Crippen LogP contribution in [0.25, 0.3) is 11.5 Å². The Morgan fingerprint density at radius 3 is 2.59 bits per heavy atom. The van der Waals surface area contributed by atoms with Gasteiger partial charge in [0.25, 0.3) is 0 Å². The molecule has 0 amide bonds. The molecular weight excluding hydrogens is 342 g/mol. The Balaban J connectivity index is 1.39. The van der Waals surface area contributed by atoms with Crippen molar-refractivity contribution < 1.29 is 14.3 Å². The number of hydrogen-bond donors (Lipinski definition) is 1. The Bertz CT molecular complexity index is 932. The number of aromatic nitrogens is 2. The Kier molecular flexibility index (Phi) is 4.73. The van der Waals surface area contributed by atoms with Gasteiger partial charge in [-0.3, -0.25) is 4.90 Å². The smallest absolute Gasteiger partial charge is 0.335 e. The number of carboxylic acids is 1. The molecule has 1 fully saturated rings. The SMILES string of the molecule is Cc1ccc(-c2nnc([C@H]3CCN(Cc4ccc(C(=O)O)cc4)C3)o2)cc1. The van der Waals surface area contributed by atoms with Gasteiger partial charge in [-0.25, -0.2) is 4.79 Å². The fourth-order valence-corrected chi connectivity index (χ4v) is 3.40. The lowest BCUT2D eigenvalue weighted by atomic mass is 10.1. The lowest BCUT2D eigenvalue weighted by molar-refractivity contribution is 0.0697. The zero-order valence-corrected chi connectivity index (χ0v) is 15.1. The van der Waals surface area contributed by atoms with E-state index in [1.807, 2.05) is 43.3 Å². The van der Waals surface area contributed by atoms with Gasteiger partial charge in [0.05, 0.1) is 11.5 Å². The molecule has 6 heteroatoms. The lowest BCUT2D eigenvalue weighted by Crippen LogP contribution is -2.19. The summed E-state index contributed by atoms with van der Waals surface area (Å²) in [6.45, 7) is 4.64. The molecule has 1 N–H and O–H groups in total. The average Bonchev–Trinajstić information content (AvgIpc) is 3.32. The highest BCUT2D eigenvalue weighted by molar-refractivity contribution is 5.87. The van der Waals surface area contributed by atoms with Gasteiger partial charge in [0.15, 0.2) is 0 Å². The molecule has 4 rings (SSSR count). The van der Waals surface area contributed by atoms with Gasteiger partial charge >= 0.3 is 5.97 Å². The molecule has 1 saturated heterocycles. The molecule has 1 atom stereocenters. The summed E-state index contributed by atoms with van der Waals surface area (Å²) in [5, 5.41) is 17.5. The molecule has 0 spiro atoms. The number of benzene rings is 2. The van der Waals surface area contributed by atoms with Crippen molar-refractivity contribution in [2.24, 2.45) is 0 Å². The number of carbonyl (C=O) groups is 1. The molecule has 1 aliphatic heterocycles. The minimum Gasteiger partial charge on any atom is -0.478 e. The summed E-state index contributed by atoms with van der Waals surface area (Å²) >= 11 is 0. The molecule has 3 aromatic rings. The molecule has 0 aliphatic carbocycles. The lowest BCUT2D eigenvalue weighted by Gasteiger charge is -2.15. The molecule has 2 aromatic carbocycles. The van der Waals surface area contributed by atoms with E-state index in [9.17, 15) is 4.79 Å². The minimum atomic E-state index is -0.899. The van der Waals surface area contributed by atoms with Gasteiger partial charge in [0.2, 0.25) is 11.8 Å². The molecule has 0 saturated carbocycles. The third kappa shape index (κ3) is 3.90. The van der Waals surface area contributed by atoms with E-state index in [0.29, 0.717) is 17.3 Å². The molecule has 2 heterocycles. The van der Waals surface area contributed by atoms with E-state index >= 15 is 0 Å². The molecule has 27 heavy (non-hydrogen) atoms. The number of aryl methyl sites for hydroxylation is 1. The fourth-order valence-electron chi connectivity index (χ4n) is 3.40. The van der Waals surface area contributed by atoms with Crippen LogP contribution < -0.4 is 0 Å². The quantitative estimate of drug-likeness (QED) is 0.744. The third-order valence-electron chi connectivity index (χ3n) is 4.97. The summed E-state index contributed by atoms with van der Waals surface area (Å²) in [6, 6.07) is 15.1. The second-order valence-electron chi connectivity index (χ2n) is 7.03. The number of likely N-dealkylation sites (tertiary alicyclic amines) is 1. The van der Waals surface area contributed by atoms with Crippen LogP contribution in [0.4, 0.5) is 0 Å². The van der Waals surface area contributed by atoms with E-state index in [1.165, 1.54) is 5.56 Å². The summed E-state index contributed by atoms with van der Waals surface area (Å²) in [7, 11) is 0. The second kappa shape index (κ2) is 7.32. The molecule has 0 unspecified atom stereocenters. The fraction of sp³-hybridized carbons (Fsp3) is 0.286. The van der Waals surface area contributed by atoms with E-state index in [0.717, 1.165) is 37.2 Å². The van der Waals surface area contributed by atoms with Crippen molar-refractivity contribution in [3.63, 3.8) is 0 Å². The first-order chi connectivity index (χ1) is 13.1. The normalized spacial score (nSPS) is 17.3. The van der Waals surface area contributed by atoms with Crippen LogP contribution in [-0.2, 0) is 6.54 Å². The Labute approximate surface area is 157 Å². The number of hydrogen-bond acceptors (Lipinski definition) is 5. The van der Waals surface area contributed by atoms with Crippen LogP contribution in [0.1, 0.15) is 39.7 Å². The predicted molar refractivity (Wildman–Crippen MR) is 101 cm³/mol. The molecule has 6 nitrogen and oxygen atoms in total. The van der Waals surface area contributed by atoms with Crippen molar-refractivity contribution >= 4 is 5.97 Å². The summed E-state index contributed by atoms with van der Waals surface area (Å²) in [6.07, 6.45) is 0.975. The third-order valence-corrected chi connectivity index (χ3v) is 4.97. The highest BCUT2D eigenvalue weighted by atomic mass is 16.4. The number of carboxylic acid groups (broad SMARTS) is 1. The summed E-state index contributed by atoms with van der Waals surface area (Å²) in [5.74, 6) is 0.584. The van der Waals surface area contributed by atoms with Gasteiger partial charge in [-0.05, 0) is 49.7 Å². The first-order valence-corrected chi connectivity index (χ1v) is 9.03. The van der Waals surface area contributed by atoms with Crippen molar-refractivity contribution in [2.75, 3.05) is 13.1 Å². The van der Waals surface area contributed by atoms with Crippen LogP contribution in [-0.4, -0.2) is 39.3 Å². The van der Waals surface area contributed by atoms with Crippen molar-refractivity contribution in [2.45, 2.75) is 25.8 Å². The van der Waals surface area contributed by atoms with Gasteiger partial charge in [-0.1, -0.05) is 29.8 Å². The molecule has 0 bridgehead atoms. The van der Waals surface area contributed by atoms with E-state index in [2.05, 4.69) is 15.1 Å². The summed E-state index contributed by atoms with van der Waals surface area (Å²) in [4.78, 5) is 13.3. The Hall–Kier alpha value is -2.99. The van der Waals surface area contributed by atoms with E-state index in [4.69, 9.17) is 9.52 Å². The molecule has 138 valence electrons. The van der Waals surface area contributed by atoms with E-state index in [-0.39, 0.29) is 5.92 Å². The van der Waals surface area contributed by atoms with Crippen LogP contribution >= 0.6 is 0 Å². The van der Waals surface area contributed by atoms with Crippen LogP contribution in [0.5, 0.6) is 0 Å². The van der Waals surface area contributed by atoms with Crippen LogP contribution in [0.15, 0.2) is 52.9 Å². The maximum absolute atomic E-state index is 10.9. The summed E-state index contributed by atoms with van der Waals surface area (Å²) in [5.41, 5.74) is 3.55. The van der Waals surface area contributed by atoms with Crippen molar-refractivity contribution in [1.29, 1.82) is 0 Å². The zero-order chi connectivity index (χ0) is 18.8. The molecule has 1 aromatic heterocycles. The van der Waals surface area contributed by atoms with Gasteiger partial charge in [0.1, 0.15) is 0 Å². The number of aromatic carboxylic acids is 1. The Morgan fingerprint density at radius 1 is 1.15 bits per heavy atom. The predicted octanol–water partition coefficient (Wildman–Crippen LogP) is 3.73. The average molecular weight is 363 g/mol. The monoisotopic (exact) mass is 363 g/mol. The standard InChI is InChI=1S/C21H21N3O3/c1-14-2-6-16(7-3-14)19-22-23-20(27-19)18-10-11-24(13-18)12-15-4-8-17(9-5-15)21(25)26/h2-9,18H,10-13H2,1H3,(H,25,26)/t18-/m0/s1. The van der Waals surface area contributed by atoms with Gasteiger partial charge in [-0.2, -0.15) is 0 Å². The molecular formula is C21H21N3O3. The van der Waals surface area contributed by atoms with E-state index < -0.39 is 5.97 Å². The van der Waals surface area contributed by atoms with Crippen molar-refractivity contribution in [1.82, 2.24) is 15.1 Å². The maximum atomic E-state index is 10.9. The second-order valence-corrected chi connectivity index (χ2v) is 7.03. The highest BCUT2D eigenvalue weighted by Crippen LogP contribution is 2.29. The van der Waals surface area contributed by atoms with E-state index in [1.54, 1.807) is 12.1 Å². The van der Waals surface area contributed by atoms with Gasteiger partial charge in [0, 0.05) is 18.7 Å². The molecule has 0 radical (unpaired) electrons. The van der Waals surface area contributed by atoms with Crippen molar-refractivity contribution in [3.05, 3.63) is 71.1 Å². The van der Waals surface area contributed by atoms with Crippen LogP contribution in [0, 0.1) is 6.92 Å². The largest absolute Gasteiger partial charge is 0.478 e. The number of nitrogens with zero attached hydrogens (tertiary/aromatic N) is 3. The van der Waals surface area contributed by atoms with Crippen LogP contribution in [0.3, 0.4) is 0 Å². The van der Waals surface area contributed by atoms with Gasteiger partial charge < -0.3 is 9.52 Å². The Morgan fingerprint density at radius 2 is 1.89 bits per heavy atom. The highest BCUT2D eigenvalue weighted by Gasteiger charge is 2.28. The topological polar surface area (TPSA) is 79.5 Å². The van der Waals surface area contributed by atoms with Crippen LogP contribution in [0.2, 0.25) is 0 Å². The first kappa shape index (κ1) is 17.4. The minimum absolute atomic E-state index is 0.231. The van der Waals surface area contributed by atoms with Gasteiger partial charge in [-0.15, -0.1) is 10.2 Å². The molecule has 1 aliphatic rings. The summed E-state index contributed by atoms with van der Waals surface area (Å²) < 4.78 is 5.92. The zero-order valence-electron chi connectivity index (χ0n) is 15.1. The van der Waals surface area contributed by atoms with Crippen molar-refractivity contribution in [3.8, 4) is 11.5 Å².